The fourth-order valence-electron chi connectivity index (χ4n) is 1.83. The molecule has 1 unspecified atom stereocenters. The Balaban J connectivity index is 3.04. The minimum atomic E-state index is -1.08. The van der Waals surface area contributed by atoms with Crippen LogP contribution in [0.2, 0.25) is 0 Å². The minimum absolute atomic E-state index is 0.0578. The second kappa shape index (κ2) is 9.01. The molecule has 0 aliphatic carbocycles. The Labute approximate surface area is 129 Å². The van der Waals surface area contributed by atoms with Crippen LogP contribution in [0.15, 0.2) is 23.4 Å². The first-order valence-corrected chi connectivity index (χ1v) is 6.78. The first kappa shape index (κ1) is 17.9. The molecule has 0 aromatic heterocycles. The van der Waals surface area contributed by atoms with Gasteiger partial charge in [-0.3, -0.25) is 0 Å². The van der Waals surface area contributed by atoms with Gasteiger partial charge in [0.2, 0.25) is 0 Å². The highest BCUT2D eigenvalue weighted by molar-refractivity contribution is 5.89. The largest absolute Gasteiger partial charge is 0.493 e. The monoisotopic (exact) mass is 311 g/mol. The van der Waals surface area contributed by atoms with Crippen molar-refractivity contribution < 1.29 is 29.3 Å². The summed E-state index contributed by atoms with van der Waals surface area (Å²) in [5.41, 5.74) is 0.762. The van der Waals surface area contributed by atoms with Gasteiger partial charge in [-0.05, 0) is 30.5 Å². The van der Waals surface area contributed by atoms with Crippen molar-refractivity contribution in [3.63, 3.8) is 0 Å². The molecule has 7 nitrogen and oxygen atoms in total. The Kier molecular flexibility index (Phi) is 7.34. The van der Waals surface area contributed by atoms with Crippen molar-refractivity contribution in [3.8, 4) is 11.5 Å². The van der Waals surface area contributed by atoms with Crippen LogP contribution in [0, 0.1) is 0 Å². The molecule has 0 spiro atoms. The molecule has 0 saturated heterocycles. The van der Waals surface area contributed by atoms with Crippen molar-refractivity contribution in [2.45, 2.75) is 25.9 Å². The number of ether oxygens (including phenoxy) is 2. The third-order valence-corrected chi connectivity index (χ3v) is 2.92. The standard InChI is InChI=1S/C15H21NO6/c1-10(18)22-16-12(5-4-8-17)15(19)11-6-7-13(20-2)14(9-11)21-3/h6-7,9,15,17,19H,4-5,8H2,1-3H3/b16-12+. The quantitative estimate of drug-likeness (QED) is 0.428. The van der Waals surface area contributed by atoms with Crippen LogP contribution in [-0.2, 0) is 9.63 Å². The van der Waals surface area contributed by atoms with E-state index in [-0.39, 0.29) is 12.3 Å². The van der Waals surface area contributed by atoms with Gasteiger partial charge in [-0.25, -0.2) is 4.79 Å². The summed E-state index contributed by atoms with van der Waals surface area (Å²) in [6.07, 6.45) is -0.394. The number of benzene rings is 1. The van der Waals surface area contributed by atoms with Crippen LogP contribution < -0.4 is 9.47 Å². The second-order valence-electron chi connectivity index (χ2n) is 4.51. The van der Waals surface area contributed by atoms with Crippen molar-refractivity contribution in [1.82, 2.24) is 0 Å². The van der Waals surface area contributed by atoms with Crippen molar-refractivity contribution >= 4 is 11.7 Å². The predicted molar refractivity (Wildman–Crippen MR) is 80.0 cm³/mol. The molecule has 7 heteroatoms. The molecule has 0 amide bonds. The molecule has 0 saturated carbocycles. The average molecular weight is 311 g/mol. The van der Waals surface area contributed by atoms with Crippen molar-refractivity contribution in [2.24, 2.45) is 5.16 Å². The second-order valence-corrected chi connectivity index (χ2v) is 4.51. The average Bonchev–Trinajstić information content (AvgIpc) is 2.53. The summed E-state index contributed by atoms with van der Waals surface area (Å²) in [7, 11) is 3.01. The normalized spacial score (nSPS) is 12.7. The van der Waals surface area contributed by atoms with E-state index in [1.165, 1.54) is 21.1 Å². The zero-order valence-corrected chi connectivity index (χ0v) is 12.9. The first-order valence-electron chi connectivity index (χ1n) is 6.78. The van der Waals surface area contributed by atoms with Crippen molar-refractivity contribution in [1.29, 1.82) is 0 Å². The van der Waals surface area contributed by atoms with E-state index >= 15 is 0 Å². The van der Waals surface area contributed by atoms with Crippen LogP contribution in [0.3, 0.4) is 0 Å². The molecule has 22 heavy (non-hydrogen) atoms. The molecular formula is C15H21NO6. The number of rotatable bonds is 8. The number of aliphatic hydroxyl groups is 2. The van der Waals surface area contributed by atoms with Crippen LogP contribution in [0.25, 0.3) is 0 Å². The van der Waals surface area contributed by atoms with Gasteiger partial charge in [0.25, 0.3) is 0 Å². The van der Waals surface area contributed by atoms with E-state index in [1.54, 1.807) is 18.2 Å². The molecule has 1 aromatic carbocycles. The Bertz CT molecular complexity index is 529. The van der Waals surface area contributed by atoms with Gasteiger partial charge in [-0.2, -0.15) is 0 Å². The van der Waals surface area contributed by atoms with Gasteiger partial charge >= 0.3 is 5.97 Å². The highest BCUT2D eigenvalue weighted by atomic mass is 16.7. The van der Waals surface area contributed by atoms with Gasteiger partial charge in [-0.1, -0.05) is 11.2 Å². The number of nitrogens with zero attached hydrogens (tertiary/aromatic N) is 1. The SMILES string of the molecule is COc1ccc(C(O)/C(CCCO)=N/OC(C)=O)cc1OC. The molecule has 0 fully saturated rings. The lowest BCUT2D eigenvalue weighted by Crippen LogP contribution is -2.14. The molecule has 0 aliphatic heterocycles. The van der Waals surface area contributed by atoms with Gasteiger partial charge < -0.3 is 24.5 Å². The van der Waals surface area contributed by atoms with E-state index in [4.69, 9.17) is 14.6 Å². The molecule has 1 aromatic rings. The Morgan fingerprint density at radius 3 is 2.50 bits per heavy atom. The summed E-state index contributed by atoms with van der Waals surface area (Å²) in [4.78, 5) is 15.5. The molecule has 0 aliphatic rings. The molecule has 1 rings (SSSR count). The maximum absolute atomic E-state index is 10.9. The fourth-order valence-corrected chi connectivity index (χ4v) is 1.83. The van der Waals surface area contributed by atoms with E-state index in [0.29, 0.717) is 29.9 Å². The van der Waals surface area contributed by atoms with Gasteiger partial charge in [0.05, 0.1) is 19.9 Å². The van der Waals surface area contributed by atoms with E-state index in [9.17, 15) is 9.90 Å². The van der Waals surface area contributed by atoms with Crippen LogP contribution in [0.1, 0.15) is 31.4 Å². The minimum Gasteiger partial charge on any atom is -0.493 e. The number of oxime groups is 1. The third-order valence-electron chi connectivity index (χ3n) is 2.92. The third kappa shape index (κ3) is 5.01. The number of hydrogen-bond acceptors (Lipinski definition) is 7. The number of aliphatic hydroxyl groups excluding tert-OH is 2. The Morgan fingerprint density at radius 2 is 1.95 bits per heavy atom. The van der Waals surface area contributed by atoms with Crippen molar-refractivity contribution in [2.75, 3.05) is 20.8 Å². The maximum Gasteiger partial charge on any atom is 0.331 e. The summed E-state index contributed by atoms with van der Waals surface area (Å²) in [5, 5.41) is 23.0. The van der Waals surface area contributed by atoms with E-state index in [1.807, 2.05) is 0 Å². The Morgan fingerprint density at radius 1 is 1.27 bits per heavy atom. The zero-order chi connectivity index (χ0) is 16.5. The zero-order valence-electron chi connectivity index (χ0n) is 12.9. The predicted octanol–water partition coefficient (Wildman–Crippen LogP) is 1.43. The van der Waals surface area contributed by atoms with Gasteiger partial charge in [0, 0.05) is 13.5 Å². The lowest BCUT2D eigenvalue weighted by Gasteiger charge is -2.15. The molecule has 1 atom stereocenters. The van der Waals surface area contributed by atoms with Gasteiger partial charge in [0.15, 0.2) is 11.5 Å². The Hall–Kier alpha value is -2.12. The number of carbonyl (C=O) groups is 1. The summed E-state index contributed by atoms with van der Waals surface area (Å²) in [5.74, 6) is 0.418. The smallest absolute Gasteiger partial charge is 0.331 e. The molecule has 122 valence electrons. The van der Waals surface area contributed by atoms with Crippen molar-refractivity contribution in [3.05, 3.63) is 23.8 Å². The topological polar surface area (TPSA) is 97.6 Å². The molecule has 0 bridgehead atoms. The maximum atomic E-state index is 10.9. The molecular weight excluding hydrogens is 290 g/mol. The fraction of sp³-hybridized carbons (Fsp3) is 0.467. The first-order chi connectivity index (χ1) is 10.5. The molecule has 2 N–H and O–H groups in total. The van der Waals surface area contributed by atoms with Crippen LogP contribution >= 0.6 is 0 Å². The van der Waals surface area contributed by atoms with Crippen LogP contribution in [0.4, 0.5) is 0 Å². The van der Waals surface area contributed by atoms with E-state index in [0.717, 1.165) is 0 Å². The summed E-state index contributed by atoms with van der Waals surface area (Å²) in [6, 6.07) is 4.94. The number of methoxy groups -OCH3 is 2. The summed E-state index contributed by atoms with van der Waals surface area (Å²) >= 11 is 0. The van der Waals surface area contributed by atoms with E-state index < -0.39 is 12.1 Å². The van der Waals surface area contributed by atoms with Crippen LogP contribution in [-0.4, -0.2) is 42.7 Å². The van der Waals surface area contributed by atoms with Gasteiger partial charge in [0.1, 0.15) is 6.10 Å². The lowest BCUT2D eigenvalue weighted by atomic mass is 10.0. The van der Waals surface area contributed by atoms with Crippen LogP contribution in [0.5, 0.6) is 11.5 Å². The number of carbonyl (C=O) groups excluding carboxylic acids is 1. The van der Waals surface area contributed by atoms with Gasteiger partial charge in [-0.15, -0.1) is 0 Å². The molecule has 0 radical (unpaired) electrons. The lowest BCUT2D eigenvalue weighted by molar-refractivity contribution is -0.141. The highest BCUT2D eigenvalue weighted by Gasteiger charge is 2.18. The summed E-state index contributed by atoms with van der Waals surface area (Å²) in [6.45, 7) is 1.16. The van der Waals surface area contributed by atoms with E-state index in [2.05, 4.69) is 9.99 Å². The highest BCUT2D eigenvalue weighted by Crippen LogP contribution is 2.30. The molecule has 0 heterocycles. The number of hydrogen-bond donors (Lipinski definition) is 2. The summed E-state index contributed by atoms with van der Waals surface area (Å²) < 4.78 is 10.3.